The number of carbonyl (C=O) groups excluding carboxylic acids is 1. The second-order valence-electron chi connectivity index (χ2n) is 6.94. The Kier molecular flexibility index (Phi) is 2.48. The fraction of sp³-hybridized carbons (Fsp3) is 0.933. The molecule has 3 aliphatic carbocycles. The third kappa shape index (κ3) is 1.49. The summed E-state index contributed by atoms with van der Waals surface area (Å²) < 4.78 is 0. The molecule has 4 aliphatic rings. The van der Waals surface area contributed by atoms with Gasteiger partial charge in [0.05, 0.1) is 0 Å². The van der Waals surface area contributed by atoms with Gasteiger partial charge in [-0.05, 0) is 68.9 Å². The van der Waals surface area contributed by atoms with Crippen LogP contribution in [0.2, 0.25) is 0 Å². The molecule has 3 nitrogen and oxygen atoms in total. The van der Waals surface area contributed by atoms with Gasteiger partial charge in [-0.3, -0.25) is 4.79 Å². The van der Waals surface area contributed by atoms with Gasteiger partial charge in [-0.15, -0.1) is 0 Å². The lowest BCUT2D eigenvalue weighted by molar-refractivity contribution is -0.134. The van der Waals surface area contributed by atoms with Crippen molar-refractivity contribution in [3.05, 3.63) is 0 Å². The molecule has 4 unspecified atom stereocenters. The highest BCUT2D eigenvalue weighted by atomic mass is 16.2. The summed E-state index contributed by atoms with van der Waals surface area (Å²) in [6, 6.07) is 0.498. The summed E-state index contributed by atoms with van der Waals surface area (Å²) in [5, 5.41) is 3.38. The molecular formula is C15H24N2O. The number of hydrogen-bond donors (Lipinski definition) is 1. The van der Waals surface area contributed by atoms with Gasteiger partial charge in [0.25, 0.3) is 0 Å². The number of nitrogens with one attached hydrogen (secondary N) is 1. The highest BCUT2D eigenvalue weighted by Crippen LogP contribution is 2.69. The molecule has 3 saturated carbocycles. The summed E-state index contributed by atoms with van der Waals surface area (Å²) in [6.07, 6.45) is 6.53. The van der Waals surface area contributed by atoms with E-state index in [9.17, 15) is 4.79 Å². The topological polar surface area (TPSA) is 32.3 Å². The Morgan fingerprint density at radius 1 is 1.06 bits per heavy atom. The van der Waals surface area contributed by atoms with Crippen molar-refractivity contribution in [1.82, 2.24) is 10.2 Å². The van der Waals surface area contributed by atoms with Gasteiger partial charge in [0.2, 0.25) is 5.91 Å². The van der Waals surface area contributed by atoms with E-state index in [1.807, 2.05) is 7.05 Å². The Morgan fingerprint density at radius 2 is 1.67 bits per heavy atom. The van der Waals surface area contributed by atoms with Gasteiger partial charge in [0.15, 0.2) is 0 Å². The molecule has 1 aliphatic heterocycles. The van der Waals surface area contributed by atoms with Crippen LogP contribution in [0.25, 0.3) is 0 Å². The van der Waals surface area contributed by atoms with Gasteiger partial charge in [-0.1, -0.05) is 0 Å². The number of nitrogens with zero attached hydrogens (tertiary/aromatic N) is 1. The van der Waals surface area contributed by atoms with Gasteiger partial charge in [-0.2, -0.15) is 0 Å². The number of hydrogen-bond acceptors (Lipinski definition) is 2. The van der Waals surface area contributed by atoms with Crippen LogP contribution < -0.4 is 5.32 Å². The molecule has 3 heteroatoms. The minimum Gasteiger partial charge on any atom is -0.342 e. The Labute approximate surface area is 109 Å². The predicted molar refractivity (Wildman–Crippen MR) is 70.0 cm³/mol. The van der Waals surface area contributed by atoms with Crippen LogP contribution in [-0.4, -0.2) is 37.0 Å². The van der Waals surface area contributed by atoms with Crippen LogP contribution in [0.15, 0.2) is 0 Å². The molecule has 0 radical (unpaired) electrons. The summed E-state index contributed by atoms with van der Waals surface area (Å²) >= 11 is 0. The van der Waals surface area contributed by atoms with Crippen molar-refractivity contribution in [2.45, 2.75) is 38.1 Å². The standard InChI is InChI=1S/C15H24N2O/c1-17(11-4-6-16-7-5-11)15(18)14-12-9-2-3-10(8-9)13(12)14/h9-14,16H,2-8H2,1H3. The maximum Gasteiger partial charge on any atom is 0.226 e. The number of fused-ring (bicyclic) bond motifs is 5. The molecule has 1 amide bonds. The molecule has 4 atom stereocenters. The van der Waals surface area contributed by atoms with Crippen molar-refractivity contribution in [3.8, 4) is 0 Å². The molecule has 18 heavy (non-hydrogen) atoms. The van der Waals surface area contributed by atoms with E-state index < -0.39 is 0 Å². The van der Waals surface area contributed by atoms with E-state index in [-0.39, 0.29) is 0 Å². The second-order valence-corrected chi connectivity index (χ2v) is 6.94. The van der Waals surface area contributed by atoms with E-state index in [1.54, 1.807) is 0 Å². The lowest BCUT2D eigenvalue weighted by atomic mass is 10.00. The first kappa shape index (κ1) is 11.3. The molecule has 0 aromatic carbocycles. The molecule has 0 spiro atoms. The van der Waals surface area contributed by atoms with Crippen LogP contribution in [0.3, 0.4) is 0 Å². The van der Waals surface area contributed by atoms with E-state index in [2.05, 4.69) is 10.2 Å². The van der Waals surface area contributed by atoms with Crippen LogP contribution in [0.4, 0.5) is 0 Å². The summed E-state index contributed by atoms with van der Waals surface area (Å²) in [6.45, 7) is 2.15. The van der Waals surface area contributed by atoms with Crippen LogP contribution in [0.5, 0.6) is 0 Å². The van der Waals surface area contributed by atoms with Crippen LogP contribution in [0.1, 0.15) is 32.1 Å². The van der Waals surface area contributed by atoms with Gasteiger partial charge in [0, 0.05) is 19.0 Å². The Balaban J connectivity index is 1.42. The molecule has 4 rings (SSSR count). The summed E-state index contributed by atoms with van der Waals surface area (Å²) in [7, 11) is 2.05. The summed E-state index contributed by atoms with van der Waals surface area (Å²) in [5.41, 5.74) is 0. The first-order valence-electron chi connectivity index (χ1n) is 7.75. The summed E-state index contributed by atoms with van der Waals surface area (Å²) in [4.78, 5) is 14.7. The molecule has 100 valence electrons. The molecule has 4 fully saturated rings. The minimum absolute atomic E-state index is 0.427. The maximum atomic E-state index is 12.6. The van der Waals surface area contributed by atoms with Crippen LogP contribution >= 0.6 is 0 Å². The highest BCUT2D eigenvalue weighted by molar-refractivity contribution is 5.83. The number of rotatable bonds is 2. The third-order valence-electron chi connectivity index (χ3n) is 6.22. The van der Waals surface area contributed by atoms with Crippen molar-refractivity contribution in [3.63, 3.8) is 0 Å². The Morgan fingerprint density at radius 3 is 2.28 bits per heavy atom. The molecule has 1 heterocycles. The molecular weight excluding hydrogens is 224 g/mol. The van der Waals surface area contributed by atoms with E-state index in [0.29, 0.717) is 17.9 Å². The van der Waals surface area contributed by atoms with E-state index >= 15 is 0 Å². The van der Waals surface area contributed by atoms with Crippen molar-refractivity contribution < 1.29 is 4.79 Å². The lowest BCUT2D eigenvalue weighted by Gasteiger charge is -2.32. The van der Waals surface area contributed by atoms with Crippen LogP contribution in [0, 0.1) is 29.6 Å². The maximum absolute atomic E-state index is 12.6. The van der Waals surface area contributed by atoms with Crippen molar-refractivity contribution in [2.24, 2.45) is 29.6 Å². The van der Waals surface area contributed by atoms with Gasteiger partial charge in [-0.25, -0.2) is 0 Å². The van der Waals surface area contributed by atoms with E-state index in [1.165, 1.54) is 19.3 Å². The lowest BCUT2D eigenvalue weighted by Crippen LogP contribution is -2.45. The van der Waals surface area contributed by atoms with Gasteiger partial charge in [0.1, 0.15) is 0 Å². The second kappa shape index (κ2) is 3.96. The zero-order valence-electron chi connectivity index (χ0n) is 11.3. The first-order chi connectivity index (χ1) is 8.77. The largest absolute Gasteiger partial charge is 0.342 e. The third-order valence-corrected chi connectivity index (χ3v) is 6.22. The fourth-order valence-corrected chi connectivity index (χ4v) is 5.26. The molecule has 1 N–H and O–H groups in total. The molecule has 0 aromatic heterocycles. The normalized spacial score (nSPS) is 45.9. The molecule has 1 saturated heterocycles. The Hall–Kier alpha value is -0.570. The van der Waals surface area contributed by atoms with E-state index in [0.717, 1.165) is 49.6 Å². The van der Waals surface area contributed by atoms with Gasteiger partial charge >= 0.3 is 0 Å². The zero-order chi connectivity index (χ0) is 12.3. The van der Waals surface area contributed by atoms with E-state index in [4.69, 9.17) is 0 Å². The number of amides is 1. The molecule has 0 aromatic rings. The van der Waals surface area contributed by atoms with Crippen molar-refractivity contribution in [1.29, 1.82) is 0 Å². The number of carbonyl (C=O) groups is 1. The van der Waals surface area contributed by atoms with Crippen molar-refractivity contribution >= 4 is 5.91 Å². The zero-order valence-corrected chi connectivity index (χ0v) is 11.3. The Bertz CT molecular complexity index is 348. The smallest absolute Gasteiger partial charge is 0.226 e. The average Bonchev–Trinajstić information content (AvgIpc) is 2.85. The minimum atomic E-state index is 0.427. The average molecular weight is 248 g/mol. The SMILES string of the molecule is CN(C(=O)C1C2C3CCC(C3)C12)C1CCNCC1. The fourth-order valence-electron chi connectivity index (χ4n) is 5.26. The highest BCUT2D eigenvalue weighted by Gasteiger charge is 2.67. The molecule has 2 bridgehead atoms. The first-order valence-corrected chi connectivity index (χ1v) is 7.75. The number of piperidine rings is 1. The predicted octanol–water partition coefficient (Wildman–Crippen LogP) is 1.49. The quantitative estimate of drug-likeness (QED) is 0.803. The van der Waals surface area contributed by atoms with Crippen molar-refractivity contribution in [2.75, 3.05) is 20.1 Å². The van der Waals surface area contributed by atoms with Crippen LogP contribution in [-0.2, 0) is 4.79 Å². The summed E-state index contributed by atoms with van der Waals surface area (Å²) in [5.74, 6) is 4.32. The van der Waals surface area contributed by atoms with Gasteiger partial charge < -0.3 is 10.2 Å². The monoisotopic (exact) mass is 248 g/mol.